The lowest BCUT2D eigenvalue weighted by atomic mass is 9.59. The average Bonchev–Trinajstić information content (AvgIpc) is 3.20. The van der Waals surface area contributed by atoms with Gasteiger partial charge in [0, 0.05) is 5.92 Å². The van der Waals surface area contributed by atoms with Gasteiger partial charge in [0.1, 0.15) is 0 Å². The zero-order valence-corrected chi connectivity index (χ0v) is 11.3. The summed E-state index contributed by atoms with van der Waals surface area (Å²) in [6, 6.07) is 2.65. The second kappa shape index (κ2) is 2.95. The number of hydrogen-bond acceptors (Lipinski definition) is 1. The van der Waals surface area contributed by atoms with Crippen LogP contribution in [0, 0.1) is 76.4 Å². The largest absolute Gasteiger partial charge is 0.198 e. The van der Waals surface area contributed by atoms with Crippen LogP contribution in [0.3, 0.4) is 0 Å². The van der Waals surface area contributed by atoms with Crippen molar-refractivity contribution in [2.45, 2.75) is 25.7 Å². The summed E-state index contributed by atoms with van der Waals surface area (Å²) in [4.78, 5) is 0. The predicted octanol–water partition coefficient (Wildman–Crippen LogP) is 3.49. The molecule has 0 amide bonds. The molecule has 6 aliphatic carbocycles. The summed E-state index contributed by atoms with van der Waals surface area (Å²) in [6.07, 6.45) is 10.8. The van der Waals surface area contributed by atoms with Gasteiger partial charge in [0.2, 0.25) is 0 Å². The van der Waals surface area contributed by atoms with Gasteiger partial charge in [-0.15, -0.1) is 0 Å². The van der Waals surface area contributed by atoms with Crippen LogP contribution in [0.4, 0.5) is 0 Å². The van der Waals surface area contributed by atoms with Crippen LogP contribution in [0.25, 0.3) is 0 Å². The lowest BCUT2D eigenvalue weighted by molar-refractivity contribution is 0.0391. The zero-order valence-electron chi connectivity index (χ0n) is 11.3. The van der Waals surface area contributed by atoms with E-state index in [1.807, 2.05) is 0 Å². The molecule has 0 spiro atoms. The van der Waals surface area contributed by atoms with E-state index in [2.05, 4.69) is 18.2 Å². The van der Waals surface area contributed by atoms with Gasteiger partial charge in [0.05, 0.1) is 6.07 Å². The Morgan fingerprint density at radius 1 is 0.737 bits per heavy atom. The first-order chi connectivity index (χ1) is 9.36. The summed E-state index contributed by atoms with van der Waals surface area (Å²) in [5, 5.41) is 9.41. The molecule has 0 aromatic carbocycles. The topological polar surface area (TPSA) is 23.8 Å². The van der Waals surface area contributed by atoms with Crippen LogP contribution in [-0.2, 0) is 0 Å². The van der Waals surface area contributed by atoms with E-state index >= 15 is 0 Å². The van der Waals surface area contributed by atoms with Crippen LogP contribution in [0.2, 0.25) is 0 Å². The van der Waals surface area contributed by atoms with Gasteiger partial charge < -0.3 is 0 Å². The van der Waals surface area contributed by atoms with Crippen LogP contribution in [0.5, 0.6) is 0 Å². The molecule has 5 fully saturated rings. The average molecular weight is 251 g/mol. The minimum atomic E-state index is 0.429. The maximum atomic E-state index is 9.41. The second-order valence-electron chi connectivity index (χ2n) is 8.45. The van der Waals surface area contributed by atoms with Gasteiger partial charge in [0.15, 0.2) is 0 Å². The van der Waals surface area contributed by atoms with Crippen molar-refractivity contribution in [2.75, 3.05) is 0 Å². The highest BCUT2D eigenvalue weighted by atomic mass is 14.7. The van der Waals surface area contributed by atoms with Crippen molar-refractivity contribution < 1.29 is 0 Å². The van der Waals surface area contributed by atoms with Crippen molar-refractivity contribution in [1.29, 1.82) is 5.26 Å². The van der Waals surface area contributed by atoms with Crippen LogP contribution >= 0.6 is 0 Å². The molecule has 11 unspecified atom stereocenters. The molecular formula is C18H21N. The normalized spacial score (nSPS) is 69.5. The molecule has 98 valence electrons. The Balaban J connectivity index is 1.44. The molecule has 0 radical (unpaired) electrons. The zero-order chi connectivity index (χ0) is 12.3. The second-order valence-corrected chi connectivity index (χ2v) is 8.45. The molecule has 0 aromatic heterocycles. The summed E-state index contributed by atoms with van der Waals surface area (Å²) in [7, 11) is 0. The minimum absolute atomic E-state index is 0.429. The van der Waals surface area contributed by atoms with E-state index < -0.39 is 0 Å². The fourth-order valence-electron chi connectivity index (χ4n) is 8.40. The summed E-state index contributed by atoms with van der Waals surface area (Å²) in [5.41, 5.74) is 0. The molecule has 6 rings (SSSR count). The standard InChI is InChI=1S/C18H21N/c19-7-11-4-10-5-12(11)18-14-6-13(17(10)18)15-8-1-2-9(3-8)16(14)15/h1-2,8-18H,3-6H2. The van der Waals surface area contributed by atoms with Gasteiger partial charge in [0.25, 0.3) is 0 Å². The summed E-state index contributed by atoms with van der Waals surface area (Å²) < 4.78 is 0. The first-order valence-electron chi connectivity index (χ1n) is 8.44. The van der Waals surface area contributed by atoms with E-state index in [1.54, 1.807) is 6.42 Å². The number of nitriles is 1. The Bertz CT molecular complexity index is 528. The summed E-state index contributed by atoms with van der Waals surface area (Å²) in [6.45, 7) is 0. The Morgan fingerprint density at radius 2 is 1.47 bits per heavy atom. The van der Waals surface area contributed by atoms with E-state index in [0.717, 1.165) is 59.2 Å². The van der Waals surface area contributed by atoms with Gasteiger partial charge in [-0.25, -0.2) is 0 Å². The number of fused-ring (bicyclic) bond motifs is 16. The molecule has 5 saturated carbocycles. The fraction of sp³-hybridized carbons (Fsp3) is 0.833. The first-order valence-corrected chi connectivity index (χ1v) is 8.44. The fourth-order valence-corrected chi connectivity index (χ4v) is 8.40. The molecule has 0 heterocycles. The third-order valence-corrected chi connectivity index (χ3v) is 8.40. The van der Waals surface area contributed by atoms with Crippen molar-refractivity contribution in [3.05, 3.63) is 12.2 Å². The third-order valence-electron chi connectivity index (χ3n) is 8.40. The van der Waals surface area contributed by atoms with Crippen molar-refractivity contribution >= 4 is 0 Å². The highest BCUT2D eigenvalue weighted by Crippen LogP contribution is 2.76. The minimum Gasteiger partial charge on any atom is -0.198 e. The molecule has 0 N–H and O–H groups in total. The van der Waals surface area contributed by atoms with E-state index in [9.17, 15) is 5.26 Å². The number of hydrogen-bond donors (Lipinski definition) is 0. The van der Waals surface area contributed by atoms with Gasteiger partial charge in [-0.2, -0.15) is 5.26 Å². The van der Waals surface area contributed by atoms with Crippen LogP contribution < -0.4 is 0 Å². The molecule has 1 nitrogen and oxygen atoms in total. The molecule has 6 aliphatic rings. The summed E-state index contributed by atoms with van der Waals surface area (Å²) >= 11 is 0. The molecule has 0 saturated heterocycles. The Hall–Kier alpha value is -0.770. The van der Waals surface area contributed by atoms with Gasteiger partial charge >= 0.3 is 0 Å². The van der Waals surface area contributed by atoms with E-state index in [0.29, 0.717) is 5.92 Å². The monoisotopic (exact) mass is 251 g/mol. The van der Waals surface area contributed by atoms with E-state index in [-0.39, 0.29) is 0 Å². The molecule has 11 atom stereocenters. The van der Waals surface area contributed by atoms with Gasteiger partial charge in [-0.3, -0.25) is 0 Å². The SMILES string of the molecule is N#CC1CC2CC1C1C3CC(C4C5C=CC(C5)C34)C21. The Labute approximate surface area is 115 Å². The third kappa shape index (κ3) is 0.911. The number of allylic oxidation sites excluding steroid dienone is 2. The molecular weight excluding hydrogens is 230 g/mol. The van der Waals surface area contributed by atoms with Gasteiger partial charge in [-0.1, -0.05) is 12.2 Å². The molecule has 0 aliphatic heterocycles. The maximum absolute atomic E-state index is 9.41. The number of rotatable bonds is 0. The van der Waals surface area contributed by atoms with Crippen LogP contribution in [-0.4, -0.2) is 0 Å². The molecule has 1 heteroatoms. The van der Waals surface area contributed by atoms with Crippen LogP contribution in [0.15, 0.2) is 12.2 Å². The van der Waals surface area contributed by atoms with Crippen molar-refractivity contribution in [3.63, 3.8) is 0 Å². The molecule has 0 aromatic rings. The Morgan fingerprint density at radius 3 is 2.21 bits per heavy atom. The van der Waals surface area contributed by atoms with E-state index in [1.165, 1.54) is 19.3 Å². The smallest absolute Gasteiger partial charge is 0.0658 e. The number of nitrogens with zero attached hydrogens (tertiary/aromatic N) is 1. The van der Waals surface area contributed by atoms with Gasteiger partial charge in [-0.05, 0) is 84.9 Å². The van der Waals surface area contributed by atoms with Crippen LogP contribution in [0.1, 0.15) is 25.7 Å². The lowest BCUT2D eigenvalue weighted by Crippen LogP contribution is -2.41. The predicted molar refractivity (Wildman–Crippen MR) is 71.6 cm³/mol. The Kier molecular flexibility index (Phi) is 1.56. The highest BCUT2D eigenvalue weighted by Gasteiger charge is 2.70. The van der Waals surface area contributed by atoms with Crippen molar-refractivity contribution in [2.24, 2.45) is 65.1 Å². The first kappa shape index (κ1) is 10.0. The summed E-state index contributed by atoms with van der Waals surface area (Å²) in [5.74, 6) is 10.3. The van der Waals surface area contributed by atoms with Crippen molar-refractivity contribution in [1.82, 2.24) is 0 Å². The van der Waals surface area contributed by atoms with Crippen molar-refractivity contribution in [3.8, 4) is 6.07 Å². The quantitative estimate of drug-likeness (QED) is 0.477. The lowest BCUT2D eigenvalue weighted by Gasteiger charge is -2.44. The van der Waals surface area contributed by atoms with E-state index in [4.69, 9.17) is 0 Å². The maximum Gasteiger partial charge on any atom is 0.0658 e. The molecule has 19 heavy (non-hydrogen) atoms. The highest BCUT2D eigenvalue weighted by molar-refractivity contribution is 5.25. The molecule has 6 bridgehead atoms.